The van der Waals surface area contributed by atoms with Crippen molar-refractivity contribution in [3.8, 4) is 6.07 Å². The first-order valence-electron chi connectivity index (χ1n) is 9.00. The molecule has 0 spiro atoms. The molecule has 3 rings (SSSR count). The summed E-state index contributed by atoms with van der Waals surface area (Å²) in [5.74, 6) is 0.372. The first-order chi connectivity index (χ1) is 12.5. The summed E-state index contributed by atoms with van der Waals surface area (Å²) in [6, 6.07) is 5.84. The molecule has 9 heteroatoms. The predicted octanol–water partition coefficient (Wildman–Crippen LogP) is 2.42. The Morgan fingerprint density at radius 1 is 1.48 bits per heavy atom. The van der Waals surface area contributed by atoms with Crippen molar-refractivity contribution < 1.29 is 14.3 Å². The Morgan fingerprint density at radius 3 is 2.78 bits per heavy atom. The molecule has 2 aromatic rings. The Balaban J connectivity index is 1.97. The van der Waals surface area contributed by atoms with Crippen molar-refractivity contribution >= 4 is 19.7 Å². The topological polar surface area (TPSA) is 119 Å². The lowest BCUT2D eigenvalue weighted by molar-refractivity contribution is -0.0714. The molecule has 1 saturated heterocycles. The molecule has 2 aromatic heterocycles. The van der Waals surface area contributed by atoms with Gasteiger partial charge in [-0.3, -0.25) is 0 Å². The van der Waals surface area contributed by atoms with Crippen LogP contribution in [0.25, 0.3) is 5.52 Å². The summed E-state index contributed by atoms with van der Waals surface area (Å²) >= 11 is 0. The molecule has 27 heavy (non-hydrogen) atoms. The zero-order valence-corrected chi connectivity index (χ0v) is 17.4. The van der Waals surface area contributed by atoms with Gasteiger partial charge in [-0.1, -0.05) is 20.8 Å². The summed E-state index contributed by atoms with van der Waals surface area (Å²) < 4.78 is 14.2. The Morgan fingerprint density at radius 2 is 2.19 bits per heavy atom. The van der Waals surface area contributed by atoms with Crippen LogP contribution in [-0.4, -0.2) is 46.3 Å². The lowest BCUT2D eigenvalue weighted by Crippen LogP contribution is -2.51. The standard InChI is InChI=1S/C18H27N5O3Si/c1-17(2,3)27(4,5)26-15-8-14(25-18(15,9-19)10-24)12-6-7-13-16(20)21-11-22-23(12)13/h6-7,11,14-15,24H,8,10H2,1-5H3,(H2,20,21,22)/t14-,15+,18-/m1/s1. The number of hydrogen-bond acceptors (Lipinski definition) is 7. The zero-order chi connectivity index (χ0) is 20.0. The summed E-state index contributed by atoms with van der Waals surface area (Å²) in [6.45, 7) is 10.2. The number of hydrogen-bond donors (Lipinski definition) is 2. The molecular formula is C18H27N5O3Si. The fourth-order valence-corrected chi connectivity index (χ4v) is 4.46. The van der Waals surface area contributed by atoms with E-state index in [1.165, 1.54) is 6.33 Å². The van der Waals surface area contributed by atoms with Gasteiger partial charge in [0.25, 0.3) is 0 Å². The zero-order valence-electron chi connectivity index (χ0n) is 16.4. The predicted molar refractivity (Wildman–Crippen MR) is 103 cm³/mol. The monoisotopic (exact) mass is 389 g/mol. The van der Waals surface area contributed by atoms with E-state index in [1.807, 2.05) is 12.1 Å². The van der Waals surface area contributed by atoms with Gasteiger partial charge in [-0.05, 0) is 30.3 Å². The molecule has 0 unspecified atom stereocenters. The van der Waals surface area contributed by atoms with Gasteiger partial charge in [0.15, 0.2) is 14.1 Å². The number of nitrogens with zero attached hydrogens (tertiary/aromatic N) is 4. The van der Waals surface area contributed by atoms with Crippen LogP contribution in [0, 0.1) is 11.3 Å². The maximum Gasteiger partial charge on any atom is 0.202 e. The van der Waals surface area contributed by atoms with Gasteiger partial charge in [-0.25, -0.2) is 9.50 Å². The number of aromatic nitrogens is 3. The molecule has 0 radical (unpaired) electrons. The van der Waals surface area contributed by atoms with Gasteiger partial charge < -0.3 is 20.0 Å². The lowest BCUT2D eigenvalue weighted by Gasteiger charge is -2.40. The second kappa shape index (κ2) is 6.56. The highest BCUT2D eigenvalue weighted by atomic mass is 28.4. The molecule has 3 N–H and O–H groups in total. The Bertz CT molecular complexity index is 885. The van der Waals surface area contributed by atoms with E-state index < -0.39 is 32.7 Å². The van der Waals surface area contributed by atoms with Crippen LogP contribution in [0.1, 0.15) is 39.0 Å². The SMILES string of the molecule is CC(C)(C)[Si](C)(C)O[C@H]1C[C@H](c2ccc3c(N)ncnn23)O[C@]1(C#N)CO. The van der Waals surface area contributed by atoms with Crippen molar-refractivity contribution in [3.05, 3.63) is 24.2 Å². The minimum Gasteiger partial charge on any atom is -0.410 e. The number of nitrogens with two attached hydrogens (primary N) is 1. The maximum absolute atomic E-state index is 9.99. The Hall–Kier alpha value is -1.99. The van der Waals surface area contributed by atoms with Crippen LogP contribution < -0.4 is 5.73 Å². The first-order valence-corrected chi connectivity index (χ1v) is 11.9. The molecule has 0 aromatic carbocycles. The number of aliphatic hydroxyl groups excluding tert-OH is 1. The molecule has 146 valence electrons. The fourth-order valence-electron chi connectivity index (χ4n) is 3.11. The Labute approximate surface area is 160 Å². The number of fused-ring (bicyclic) bond motifs is 1. The minimum atomic E-state index is -2.16. The van der Waals surface area contributed by atoms with Gasteiger partial charge in [0.05, 0.1) is 18.4 Å². The highest BCUT2D eigenvalue weighted by Crippen LogP contribution is 2.46. The molecule has 1 aliphatic heterocycles. The van der Waals surface area contributed by atoms with Crippen LogP contribution in [0.3, 0.4) is 0 Å². The summed E-state index contributed by atoms with van der Waals surface area (Å²) in [6.07, 6.45) is 0.872. The summed E-state index contributed by atoms with van der Waals surface area (Å²) in [5, 5.41) is 24.0. The van der Waals surface area contributed by atoms with Crippen molar-refractivity contribution in [3.63, 3.8) is 0 Å². The molecule has 0 amide bonds. The highest BCUT2D eigenvalue weighted by molar-refractivity contribution is 6.74. The van der Waals surface area contributed by atoms with Crippen molar-refractivity contribution in [1.82, 2.24) is 14.6 Å². The number of nitriles is 1. The molecule has 0 bridgehead atoms. The molecule has 1 fully saturated rings. The van der Waals surface area contributed by atoms with E-state index in [0.29, 0.717) is 17.8 Å². The second-order valence-corrected chi connectivity index (χ2v) is 13.3. The molecule has 3 heterocycles. The van der Waals surface area contributed by atoms with E-state index in [9.17, 15) is 10.4 Å². The van der Waals surface area contributed by atoms with Crippen molar-refractivity contribution in [1.29, 1.82) is 5.26 Å². The Kier molecular flexibility index (Phi) is 4.80. The quantitative estimate of drug-likeness (QED) is 0.771. The van der Waals surface area contributed by atoms with Gasteiger partial charge >= 0.3 is 0 Å². The number of nitrogen functional groups attached to an aromatic ring is 1. The molecular weight excluding hydrogens is 362 g/mol. The third-order valence-corrected chi connectivity index (χ3v) is 10.3. The van der Waals surface area contributed by atoms with Crippen LogP contribution in [0.15, 0.2) is 18.5 Å². The fraction of sp³-hybridized carbons (Fsp3) is 0.611. The third kappa shape index (κ3) is 3.23. The van der Waals surface area contributed by atoms with E-state index in [4.69, 9.17) is 14.9 Å². The van der Waals surface area contributed by atoms with Crippen LogP contribution >= 0.6 is 0 Å². The van der Waals surface area contributed by atoms with Gasteiger partial charge in [0.2, 0.25) is 5.60 Å². The van der Waals surface area contributed by atoms with Gasteiger partial charge in [-0.15, -0.1) is 0 Å². The highest BCUT2D eigenvalue weighted by Gasteiger charge is 2.54. The normalized spacial score (nSPS) is 26.4. The van der Waals surface area contributed by atoms with Crippen molar-refractivity contribution in [2.45, 2.75) is 63.1 Å². The van der Waals surface area contributed by atoms with Crippen molar-refractivity contribution in [2.75, 3.05) is 12.3 Å². The molecule has 3 atom stereocenters. The molecule has 8 nitrogen and oxygen atoms in total. The van der Waals surface area contributed by atoms with E-state index in [2.05, 4.69) is 50.0 Å². The van der Waals surface area contributed by atoms with Crippen LogP contribution in [0.2, 0.25) is 18.1 Å². The second-order valence-electron chi connectivity index (χ2n) is 8.57. The summed E-state index contributed by atoms with van der Waals surface area (Å²) in [5.41, 5.74) is 5.94. The van der Waals surface area contributed by atoms with E-state index in [-0.39, 0.29) is 5.04 Å². The van der Waals surface area contributed by atoms with Crippen molar-refractivity contribution in [2.24, 2.45) is 0 Å². The van der Waals surface area contributed by atoms with Crippen LogP contribution in [0.5, 0.6) is 0 Å². The summed E-state index contributed by atoms with van der Waals surface area (Å²) in [7, 11) is -2.16. The third-order valence-electron chi connectivity index (χ3n) is 5.81. The molecule has 1 aliphatic rings. The number of anilines is 1. The number of ether oxygens (including phenoxy) is 1. The number of rotatable bonds is 4. The minimum absolute atomic E-state index is 0.0227. The molecule has 0 aliphatic carbocycles. The van der Waals surface area contributed by atoms with Crippen LogP contribution in [-0.2, 0) is 9.16 Å². The maximum atomic E-state index is 9.99. The lowest BCUT2D eigenvalue weighted by atomic mass is 9.99. The largest absolute Gasteiger partial charge is 0.410 e. The van der Waals surface area contributed by atoms with E-state index >= 15 is 0 Å². The smallest absolute Gasteiger partial charge is 0.202 e. The first kappa shape index (κ1) is 19.8. The number of aliphatic hydroxyl groups is 1. The average molecular weight is 390 g/mol. The summed E-state index contributed by atoms with van der Waals surface area (Å²) in [4.78, 5) is 3.99. The van der Waals surface area contributed by atoms with Gasteiger partial charge in [-0.2, -0.15) is 10.4 Å². The average Bonchev–Trinajstić information content (AvgIpc) is 3.16. The van der Waals surface area contributed by atoms with Gasteiger partial charge in [0, 0.05) is 6.42 Å². The molecule has 0 saturated carbocycles. The van der Waals surface area contributed by atoms with E-state index in [1.54, 1.807) is 4.52 Å². The van der Waals surface area contributed by atoms with Crippen LogP contribution in [0.4, 0.5) is 5.82 Å². The van der Waals surface area contributed by atoms with Gasteiger partial charge in [0.1, 0.15) is 24.0 Å². The van der Waals surface area contributed by atoms with E-state index in [0.717, 1.165) is 5.69 Å².